The molecule has 4 heteroatoms. The molecule has 1 aliphatic carbocycles. The predicted octanol–water partition coefficient (Wildman–Crippen LogP) is 1.35. The molecule has 1 spiro atoms. The van der Waals surface area contributed by atoms with Gasteiger partial charge in [-0.3, -0.25) is 9.59 Å². The van der Waals surface area contributed by atoms with Gasteiger partial charge in [-0.1, -0.05) is 12.1 Å². The van der Waals surface area contributed by atoms with E-state index in [0.717, 1.165) is 0 Å². The zero-order valence-corrected chi connectivity index (χ0v) is 8.47. The lowest BCUT2D eigenvalue weighted by Crippen LogP contribution is -2.32. The molecule has 0 saturated heterocycles. The van der Waals surface area contributed by atoms with Crippen molar-refractivity contribution in [1.82, 2.24) is 0 Å². The molecule has 1 N–H and O–H groups in total. The lowest BCUT2D eigenvalue weighted by Gasteiger charge is -2.24. The van der Waals surface area contributed by atoms with Crippen LogP contribution in [0.4, 0.5) is 0 Å². The van der Waals surface area contributed by atoms with Crippen molar-refractivity contribution < 1.29 is 19.4 Å². The van der Waals surface area contributed by atoms with E-state index in [1.807, 2.05) is 0 Å². The van der Waals surface area contributed by atoms with Gasteiger partial charge >= 0.3 is 5.97 Å². The summed E-state index contributed by atoms with van der Waals surface area (Å²) in [5.41, 5.74) is -0.280. The van der Waals surface area contributed by atoms with Gasteiger partial charge in [-0.05, 0) is 18.6 Å². The molecule has 3 rings (SSSR count). The summed E-state index contributed by atoms with van der Waals surface area (Å²) >= 11 is 0. The summed E-state index contributed by atoms with van der Waals surface area (Å²) in [6.07, 6.45) is 0.398. The molecule has 1 aromatic carbocycles. The van der Waals surface area contributed by atoms with Crippen LogP contribution in [0.2, 0.25) is 0 Å². The average molecular weight is 218 g/mol. The van der Waals surface area contributed by atoms with E-state index in [2.05, 4.69) is 0 Å². The van der Waals surface area contributed by atoms with Gasteiger partial charge in [-0.15, -0.1) is 0 Å². The number of carboxylic acids is 1. The van der Waals surface area contributed by atoms with Crippen LogP contribution in [0.5, 0.6) is 5.75 Å². The minimum Gasteiger partial charge on any atom is -0.492 e. The van der Waals surface area contributed by atoms with E-state index >= 15 is 0 Å². The van der Waals surface area contributed by atoms with E-state index in [0.29, 0.717) is 17.7 Å². The van der Waals surface area contributed by atoms with Crippen LogP contribution in [0.25, 0.3) is 0 Å². The van der Waals surface area contributed by atoms with Gasteiger partial charge in [0.25, 0.3) is 0 Å². The first-order valence-corrected chi connectivity index (χ1v) is 5.14. The fourth-order valence-electron chi connectivity index (χ4n) is 2.36. The fraction of sp³-hybridized carbons (Fsp3) is 0.333. The molecule has 0 radical (unpaired) electrons. The minimum atomic E-state index is -0.906. The zero-order valence-electron chi connectivity index (χ0n) is 8.47. The number of ketones is 1. The molecule has 0 amide bonds. The number of ether oxygens (including phenoxy) is 1. The zero-order chi connectivity index (χ0) is 11.3. The molecule has 2 atom stereocenters. The fourth-order valence-corrected chi connectivity index (χ4v) is 2.36. The summed E-state index contributed by atoms with van der Waals surface area (Å²) in [5, 5.41) is 8.93. The second kappa shape index (κ2) is 2.84. The van der Waals surface area contributed by atoms with E-state index < -0.39 is 17.3 Å². The van der Waals surface area contributed by atoms with E-state index in [-0.39, 0.29) is 12.4 Å². The van der Waals surface area contributed by atoms with Crippen LogP contribution in [0.3, 0.4) is 0 Å². The largest absolute Gasteiger partial charge is 0.492 e. The second-order valence-corrected chi connectivity index (χ2v) is 4.37. The highest BCUT2D eigenvalue weighted by Crippen LogP contribution is 2.57. The van der Waals surface area contributed by atoms with Crippen LogP contribution in [0, 0.1) is 11.3 Å². The highest BCUT2D eigenvalue weighted by molar-refractivity contribution is 6.08. The Labute approximate surface area is 91.8 Å². The molecule has 2 aliphatic rings. The van der Waals surface area contributed by atoms with Gasteiger partial charge in [0.2, 0.25) is 0 Å². The number of aliphatic carboxylic acids is 1. The van der Waals surface area contributed by atoms with Crippen LogP contribution in [-0.2, 0) is 4.79 Å². The Balaban J connectivity index is 2.00. The summed E-state index contributed by atoms with van der Waals surface area (Å²) in [5.74, 6) is -0.999. The highest BCUT2D eigenvalue weighted by Gasteiger charge is 2.66. The van der Waals surface area contributed by atoms with Gasteiger partial charge in [-0.2, -0.15) is 0 Å². The maximum absolute atomic E-state index is 12.2. The van der Waals surface area contributed by atoms with Crippen molar-refractivity contribution in [3.8, 4) is 5.75 Å². The number of carbonyl (C=O) groups is 2. The summed E-state index contributed by atoms with van der Waals surface area (Å²) in [6.45, 7) is 0.194. The Hall–Kier alpha value is -1.84. The number of carboxylic acid groups (broad SMARTS) is 1. The number of fused-ring (bicyclic) bond motifs is 1. The van der Waals surface area contributed by atoms with Gasteiger partial charge in [0.1, 0.15) is 12.4 Å². The minimum absolute atomic E-state index is 0.0817. The first-order valence-electron chi connectivity index (χ1n) is 5.14. The first kappa shape index (κ1) is 9.39. The number of hydrogen-bond acceptors (Lipinski definition) is 3. The SMILES string of the molecule is O=C(O)[C@H]1C[C@@]12COc1ccccc1C2=O. The van der Waals surface area contributed by atoms with Crippen LogP contribution < -0.4 is 4.74 Å². The molecule has 0 bridgehead atoms. The van der Waals surface area contributed by atoms with Crippen LogP contribution in [0.1, 0.15) is 16.8 Å². The highest BCUT2D eigenvalue weighted by atomic mass is 16.5. The predicted molar refractivity (Wildman–Crippen MR) is 54.4 cm³/mol. The third-order valence-corrected chi connectivity index (χ3v) is 3.44. The summed E-state index contributed by atoms with van der Waals surface area (Å²) in [6, 6.07) is 6.98. The standard InChI is InChI=1S/C12H10O4/c13-10-7-3-1-2-4-9(7)16-6-12(10)5-8(12)11(14)15/h1-4,8H,5-6H2,(H,14,15)/t8-,12-/m1/s1. The molecule has 1 fully saturated rings. The number of Topliss-reactive ketones (excluding diaryl/α,β-unsaturated/α-hetero) is 1. The molecule has 4 nitrogen and oxygen atoms in total. The van der Waals surface area contributed by atoms with Gasteiger partial charge in [-0.25, -0.2) is 0 Å². The number of hydrogen-bond donors (Lipinski definition) is 1. The van der Waals surface area contributed by atoms with E-state index in [4.69, 9.17) is 9.84 Å². The van der Waals surface area contributed by atoms with Crippen molar-refractivity contribution in [1.29, 1.82) is 0 Å². The average Bonchev–Trinajstić information content (AvgIpc) is 3.01. The smallest absolute Gasteiger partial charge is 0.307 e. The molecule has 1 aliphatic heterocycles. The van der Waals surface area contributed by atoms with E-state index in [9.17, 15) is 9.59 Å². The first-order chi connectivity index (χ1) is 7.65. The number of benzene rings is 1. The molecule has 0 aromatic heterocycles. The van der Waals surface area contributed by atoms with Crippen molar-refractivity contribution in [2.75, 3.05) is 6.61 Å². The second-order valence-electron chi connectivity index (χ2n) is 4.37. The molecule has 1 saturated carbocycles. The molecule has 1 heterocycles. The Morgan fingerprint density at radius 3 is 2.88 bits per heavy atom. The molecular formula is C12H10O4. The van der Waals surface area contributed by atoms with Crippen molar-refractivity contribution >= 4 is 11.8 Å². The molecule has 1 aromatic rings. The Kier molecular flexibility index (Phi) is 1.67. The Morgan fingerprint density at radius 1 is 1.44 bits per heavy atom. The lowest BCUT2D eigenvalue weighted by molar-refractivity contribution is -0.139. The molecule has 0 unspecified atom stereocenters. The summed E-state index contributed by atoms with van der Waals surface area (Å²) < 4.78 is 5.47. The van der Waals surface area contributed by atoms with Crippen LogP contribution >= 0.6 is 0 Å². The third-order valence-electron chi connectivity index (χ3n) is 3.44. The van der Waals surface area contributed by atoms with Gasteiger partial charge in [0, 0.05) is 0 Å². The normalized spacial score (nSPS) is 30.8. The Morgan fingerprint density at radius 2 is 2.19 bits per heavy atom. The van der Waals surface area contributed by atoms with E-state index in [1.165, 1.54) is 0 Å². The topological polar surface area (TPSA) is 63.6 Å². The van der Waals surface area contributed by atoms with Crippen molar-refractivity contribution in [3.05, 3.63) is 29.8 Å². The Bertz CT molecular complexity index is 494. The molecule has 16 heavy (non-hydrogen) atoms. The maximum Gasteiger partial charge on any atom is 0.307 e. The number of rotatable bonds is 1. The molecular weight excluding hydrogens is 208 g/mol. The monoisotopic (exact) mass is 218 g/mol. The quantitative estimate of drug-likeness (QED) is 0.772. The number of para-hydroxylation sites is 1. The lowest BCUT2D eigenvalue weighted by atomic mass is 9.90. The maximum atomic E-state index is 12.2. The van der Waals surface area contributed by atoms with Crippen molar-refractivity contribution in [2.24, 2.45) is 11.3 Å². The van der Waals surface area contributed by atoms with Crippen molar-refractivity contribution in [2.45, 2.75) is 6.42 Å². The summed E-state index contributed by atoms with van der Waals surface area (Å²) in [4.78, 5) is 23.1. The van der Waals surface area contributed by atoms with E-state index in [1.54, 1.807) is 24.3 Å². The van der Waals surface area contributed by atoms with Crippen LogP contribution in [0.15, 0.2) is 24.3 Å². The van der Waals surface area contributed by atoms with Gasteiger partial charge < -0.3 is 9.84 Å². The van der Waals surface area contributed by atoms with Gasteiger partial charge in [0.15, 0.2) is 5.78 Å². The summed E-state index contributed by atoms with van der Waals surface area (Å²) in [7, 11) is 0. The van der Waals surface area contributed by atoms with Gasteiger partial charge in [0.05, 0.1) is 16.9 Å². The molecule has 82 valence electrons. The van der Waals surface area contributed by atoms with Crippen LogP contribution in [-0.4, -0.2) is 23.5 Å². The van der Waals surface area contributed by atoms with Crippen molar-refractivity contribution in [3.63, 3.8) is 0 Å². The third kappa shape index (κ3) is 1.04. The number of carbonyl (C=O) groups excluding carboxylic acids is 1.